The summed E-state index contributed by atoms with van der Waals surface area (Å²) in [6.45, 7) is 10.5. The maximum Gasteiger partial charge on any atom is 0.328 e. The highest BCUT2D eigenvalue weighted by Gasteiger charge is 2.37. The van der Waals surface area contributed by atoms with Crippen molar-refractivity contribution in [2.75, 3.05) is 30.9 Å². The van der Waals surface area contributed by atoms with Gasteiger partial charge in [0.05, 0.1) is 30.5 Å². The zero-order chi connectivity index (χ0) is 32.5. The monoisotopic (exact) mass is 631 g/mol. The Morgan fingerprint density at radius 2 is 2.02 bits per heavy atom. The van der Waals surface area contributed by atoms with E-state index in [1.807, 2.05) is 37.2 Å². The number of aromatic nitrogens is 4. The van der Waals surface area contributed by atoms with Crippen LogP contribution in [0.1, 0.15) is 57.1 Å². The van der Waals surface area contributed by atoms with E-state index >= 15 is 0 Å². The molecule has 2 N–H and O–H groups in total. The van der Waals surface area contributed by atoms with Gasteiger partial charge in [0.1, 0.15) is 29.5 Å². The van der Waals surface area contributed by atoms with Gasteiger partial charge < -0.3 is 29.6 Å². The molecule has 0 spiro atoms. The quantitative estimate of drug-likeness (QED) is 0.327. The standard InChI is InChI=1S/C34H42FN7O4/c1-6-21(11-20(2)3)16-40(4)28-15-30-37-27-12-22(17-41(33(27)43)24-7-9-25(45-5)10-8-24)18-46-29-14-23(35)13-26(29)38-34(44)42-19-36-31(28)32(42)39-30/h6,11-12,15,17,19,23-26,29H,1-2,7-10,13-14,16,18H2,3-5H3,(H,37,39)(H,38,44)/b21-11+/t23?,24?,25?,26-,29?/m1/s1. The summed E-state index contributed by atoms with van der Waals surface area (Å²) < 4.78 is 29.6. The molecule has 2 aliphatic carbocycles. The van der Waals surface area contributed by atoms with Gasteiger partial charge in [-0.05, 0) is 49.8 Å². The first kappa shape index (κ1) is 31.7. The molecule has 46 heavy (non-hydrogen) atoms. The second-order valence-corrected chi connectivity index (χ2v) is 12.7. The maximum atomic E-state index is 14.7. The van der Waals surface area contributed by atoms with Crippen LogP contribution in [0.4, 0.5) is 26.4 Å². The third-order valence-electron chi connectivity index (χ3n) is 9.18. The van der Waals surface area contributed by atoms with Crippen molar-refractivity contribution < 1.29 is 18.7 Å². The zero-order valence-electron chi connectivity index (χ0n) is 26.7. The van der Waals surface area contributed by atoms with Crippen LogP contribution in [0.25, 0.3) is 11.2 Å². The van der Waals surface area contributed by atoms with Crippen LogP contribution < -0.4 is 21.1 Å². The average Bonchev–Trinajstić information content (AvgIpc) is 3.62. The van der Waals surface area contributed by atoms with Gasteiger partial charge in [-0.1, -0.05) is 30.9 Å². The van der Waals surface area contributed by atoms with Crippen molar-refractivity contribution >= 4 is 34.4 Å². The number of carbonyl (C=O) groups excluding carboxylic acids is 1. The number of allylic oxidation sites excluding steroid dienone is 2. The molecule has 2 saturated carbocycles. The molecule has 244 valence electrons. The number of pyridine rings is 2. The van der Waals surface area contributed by atoms with E-state index in [9.17, 15) is 14.0 Å². The number of amides is 1. The first-order valence-electron chi connectivity index (χ1n) is 15.8. The predicted molar refractivity (Wildman–Crippen MR) is 177 cm³/mol. The number of anilines is 3. The molecule has 0 saturated heterocycles. The zero-order valence-corrected chi connectivity index (χ0v) is 26.7. The minimum Gasteiger partial charge on any atom is -0.381 e. The van der Waals surface area contributed by atoms with E-state index in [4.69, 9.17) is 14.5 Å². The summed E-state index contributed by atoms with van der Waals surface area (Å²) in [5, 5.41) is 6.23. The largest absolute Gasteiger partial charge is 0.381 e. The fourth-order valence-electron chi connectivity index (χ4n) is 6.83. The number of ether oxygens (including phenoxy) is 2. The van der Waals surface area contributed by atoms with Gasteiger partial charge in [0, 0.05) is 51.8 Å². The number of methoxy groups -OCH3 is 1. The van der Waals surface area contributed by atoms with Crippen molar-refractivity contribution in [2.45, 2.75) is 82.5 Å². The summed E-state index contributed by atoms with van der Waals surface area (Å²) in [7, 11) is 3.64. The summed E-state index contributed by atoms with van der Waals surface area (Å²) in [5.41, 5.74) is 4.25. The third kappa shape index (κ3) is 6.50. The molecule has 4 bridgehead atoms. The second-order valence-electron chi connectivity index (χ2n) is 12.7. The second kappa shape index (κ2) is 13.2. The predicted octanol–water partition coefficient (Wildman–Crippen LogP) is 5.55. The minimum absolute atomic E-state index is 0.00279. The van der Waals surface area contributed by atoms with Crippen LogP contribution in [0, 0.1) is 0 Å². The molecule has 0 radical (unpaired) electrons. The van der Waals surface area contributed by atoms with Crippen molar-refractivity contribution in [2.24, 2.45) is 0 Å². The first-order valence-corrected chi connectivity index (χ1v) is 15.8. The minimum atomic E-state index is -1.11. The molecule has 3 atom stereocenters. The number of nitrogens with zero attached hydrogens (tertiary/aromatic N) is 5. The molecule has 0 aromatic carbocycles. The summed E-state index contributed by atoms with van der Waals surface area (Å²) in [5.74, 6) is 0.373. The van der Waals surface area contributed by atoms with E-state index in [1.165, 1.54) is 10.9 Å². The van der Waals surface area contributed by atoms with E-state index in [0.29, 0.717) is 34.9 Å². The van der Waals surface area contributed by atoms with Gasteiger partial charge >= 0.3 is 6.03 Å². The molecule has 6 rings (SSSR count). The van der Waals surface area contributed by atoms with Gasteiger partial charge in [-0.25, -0.2) is 23.7 Å². The Morgan fingerprint density at radius 1 is 1.24 bits per heavy atom. The molecular weight excluding hydrogens is 589 g/mol. The SMILES string of the molecule is C=C/C(=C\C(=C)C)CN(C)c1cc2nc3c1ncn3C(=O)N[C@@H]1CC(F)CC1OCc1cc(c(=O)n(C3CCC(OC)CC3)c1)N2. The van der Waals surface area contributed by atoms with Crippen molar-refractivity contribution in [1.82, 2.24) is 24.4 Å². The van der Waals surface area contributed by atoms with E-state index in [0.717, 1.165) is 42.4 Å². The van der Waals surface area contributed by atoms with Gasteiger partial charge in [-0.3, -0.25) is 4.79 Å². The van der Waals surface area contributed by atoms with Crippen LogP contribution in [0.15, 0.2) is 65.9 Å². The highest BCUT2D eigenvalue weighted by atomic mass is 19.1. The van der Waals surface area contributed by atoms with E-state index < -0.39 is 24.3 Å². The number of alkyl halides is 1. The maximum absolute atomic E-state index is 14.7. The van der Waals surface area contributed by atoms with E-state index in [-0.39, 0.29) is 37.2 Å². The van der Waals surface area contributed by atoms with E-state index in [2.05, 4.69) is 28.8 Å². The van der Waals surface area contributed by atoms with Gasteiger partial charge in [-0.15, -0.1) is 0 Å². The number of halogens is 1. The molecule has 3 aromatic rings. The van der Waals surface area contributed by atoms with Crippen LogP contribution in [-0.2, 0) is 16.1 Å². The highest BCUT2D eigenvalue weighted by Crippen LogP contribution is 2.33. The van der Waals surface area contributed by atoms with Crippen LogP contribution in [0.5, 0.6) is 0 Å². The summed E-state index contributed by atoms with van der Waals surface area (Å²) in [6, 6.07) is 2.58. The molecule has 1 aliphatic heterocycles. The molecule has 11 nitrogen and oxygen atoms in total. The molecule has 3 aromatic heterocycles. The van der Waals surface area contributed by atoms with Crippen molar-refractivity contribution in [1.29, 1.82) is 0 Å². The topological polar surface area (TPSA) is 116 Å². The van der Waals surface area contributed by atoms with Crippen LogP contribution in [0.3, 0.4) is 0 Å². The third-order valence-corrected chi connectivity index (χ3v) is 9.18. The smallest absolute Gasteiger partial charge is 0.328 e. The number of likely N-dealkylation sites (N-methyl/N-ethyl adjacent to an activating group) is 1. The summed E-state index contributed by atoms with van der Waals surface area (Å²) in [4.78, 5) is 38.9. The van der Waals surface area contributed by atoms with Crippen molar-refractivity contribution in [3.63, 3.8) is 0 Å². The van der Waals surface area contributed by atoms with Crippen LogP contribution in [-0.4, -0.2) is 70.3 Å². The lowest BCUT2D eigenvalue weighted by Gasteiger charge is -2.30. The Bertz CT molecular complexity index is 1740. The molecule has 1 amide bonds. The molecule has 3 aliphatic rings. The van der Waals surface area contributed by atoms with Crippen LogP contribution >= 0.6 is 0 Å². The fraction of sp³-hybridized carbons (Fsp3) is 0.471. The average molecular weight is 632 g/mol. The van der Waals surface area contributed by atoms with Gasteiger partial charge in [0.15, 0.2) is 5.65 Å². The lowest BCUT2D eigenvalue weighted by molar-refractivity contribution is 0.0268. The summed E-state index contributed by atoms with van der Waals surface area (Å²) in [6.07, 6.45) is 9.20. The molecular formula is C34H42FN7O4. The molecule has 2 unspecified atom stereocenters. The lowest BCUT2D eigenvalue weighted by Crippen LogP contribution is -2.43. The number of carbonyl (C=O) groups is 1. The number of nitrogens with one attached hydrogen (secondary N) is 2. The number of fused-ring (bicyclic) bond motifs is 4. The Morgan fingerprint density at radius 3 is 2.74 bits per heavy atom. The summed E-state index contributed by atoms with van der Waals surface area (Å²) >= 11 is 0. The first-order chi connectivity index (χ1) is 22.1. The normalized spacial score (nSPS) is 25.0. The molecule has 12 heteroatoms. The number of rotatable bonds is 7. The number of imidazole rings is 1. The molecule has 2 fully saturated rings. The van der Waals surface area contributed by atoms with Gasteiger partial charge in [0.2, 0.25) is 0 Å². The van der Waals surface area contributed by atoms with Crippen molar-refractivity contribution in [3.8, 4) is 0 Å². The van der Waals surface area contributed by atoms with Gasteiger partial charge in [0.25, 0.3) is 5.56 Å². The Kier molecular flexibility index (Phi) is 9.10. The Labute approximate surface area is 267 Å². The molecule has 4 heterocycles. The van der Waals surface area contributed by atoms with Crippen molar-refractivity contribution in [3.05, 3.63) is 77.0 Å². The van der Waals surface area contributed by atoms with Gasteiger partial charge in [-0.2, -0.15) is 0 Å². The van der Waals surface area contributed by atoms with E-state index in [1.54, 1.807) is 23.8 Å². The fourth-order valence-corrected chi connectivity index (χ4v) is 6.83. The number of hydrogen-bond acceptors (Lipinski definition) is 8. The van der Waals surface area contributed by atoms with Crippen LogP contribution in [0.2, 0.25) is 0 Å². The Hall–Kier alpha value is -4.29. The number of hydrogen-bond donors (Lipinski definition) is 2. The Balaban J connectivity index is 1.47. The highest BCUT2D eigenvalue weighted by molar-refractivity contribution is 5.95. The lowest BCUT2D eigenvalue weighted by atomic mass is 9.92.